The van der Waals surface area contributed by atoms with Gasteiger partial charge >= 0.3 is 7.12 Å². The lowest BCUT2D eigenvalue weighted by Gasteiger charge is -2.32. The first kappa shape index (κ1) is 13.9. The van der Waals surface area contributed by atoms with E-state index in [2.05, 4.69) is 4.98 Å². The molecule has 1 aliphatic rings. The van der Waals surface area contributed by atoms with Crippen molar-refractivity contribution >= 4 is 33.6 Å². The number of rotatable bonds is 2. The molecule has 3 rings (SSSR count). The molecule has 0 spiro atoms. The van der Waals surface area contributed by atoms with Crippen LogP contribution in [0.5, 0.6) is 5.75 Å². The van der Waals surface area contributed by atoms with Crippen molar-refractivity contribution in [2.45, 2.75) is 38.9 Å². The van der Waals surface area contributed by atoms with Crippen molar-refractivity contribution in [3.8, 4) is 5.75 Å². The van der Waals surface area contributed by atoms with Gasteiger partial charge in [0.1, 0.15) is 10.7 Å². The Morgan fingerprint density at radius 3 is 2.40 bits per heavy atom. The molecule has 0 saturated carbocycles. The highest BCUT2D eigenvalue weighted by molar-refractivity contribution is 7.27. The summed E-state index contributed by atoms with van der Waals surface area (Å²) in [7, 11) is 1.26. The lowest BCUT2D eigenvalue weighted by Crippen LogP contribution is -2.41. The van der Waals surface area contributed by atoms with E-state index in [1.54, 1.807) is 18.4 Å². The fourth-order valence-corrected chi connectivity index (χ4v) is 3.05. The van der Waals surface area contributed by atoms with E-state index in [0.29, 0.717) is 0 Å². The van der Waals surface area contributed by atoms with Crippen LogP contribution in [-0.4, -0.2) is 30.4 Å². The van der Waals surface area contributed by atoms with Gasteiger partial charge in [-0.25, -0.2) is 4.98 Å². The van der Waals surface area contributed by atoms with E-state index >= 15 is 0 Å². The van der Waals surface area contributed by atoms with Crippen molar-refractivity contribution < 1.29 is 14.0 Å². The summed E-state index contributed by atoms with van der Waals surface area (Å²) >= 11 is 1.58. The molecule has 0 N–H and O–H groups in total. The van der Waals surface area contributed by atoms with Crippen LogP contribution < -0.4 is 9.64 Å². The Kier molecular flexibility index (Phi) is 3.08. The van der Waals surface area contributed by atoms with E-state index in [4.69, 9.17) is 14.0 Å². The highest BCUT2D eigenvalue weighted by Crippen LogP contribution is 2.37. The van der Waals surface area contributed by atoms with Crippen LogP contribution in [0.1, 0.15) is 27.7 Å². The van der Waals surface area contributed by atoms with Crippen LogP contribution in [0.15, 0.2) is 18.2 Å². The molecule has 1 saturated heterocycles. The fourth-order valence-electron chi connectivity index (χ4n) is 2.09. The number of ether oxygens (including phenoxy) is 1. The lowest BCUT2D eigenvalue weighted by atomic mass is 9.90. The van der Waals surface area contributed by atoms with Crippen molar-refractivity contribution in [3.05, 3.63) is 18.2 Å². The molecule has 2 heterocycles. The van der Waals surface area contributed by atoms with E-state index in [1.807, 2.05) is 45.9 Å². The minimum absolute atomic E-state index is 0.340. The SMILES string of the molecule is COc1ccc2nc(B3OC(C)(C)C(C)(C)O3)sc2c1. The molecule has 20 heavy (non-hydrogen) atoms. The highest BCUT2D eigenvalue weighted by atomic mass is 32.1. The molecule has 0 radical (unpaired) electrons. The molecule has 4 nitrogen and oxygen atoms in total. The van der Waals surface area contributed by atoms with Gasteiger partial charge in [0.05, 0.1) is 28.5 Å². The summed E-state index contributed by atoms with van der Waals surface area (Å²) in [5.74, 6) is 0.835. The zero-order valence-corrected chi connectivity index (χ0v) is 13.2. The fraction of sp³-hybridized carbons (Fsp3) is 0.500. The smallest absolute Gasteiger partial charge is 0.497 e. The predicted molar refractivity (Wildman–Crippen MR) is 81.9 cm³/mol. The summed E-state index contributed by atoms with van der Waals surface area (Å²) in [4.78, 5) is 5.47. The largest absolute Gasteiger partial charge is 0.525 e. The summed E-state index contributed by atoms with van der Waals surface area (Å²) in [6.07, 6.45) is 0. The molecular formula is C14H18BNO3S. The zero-order chi connectivity index (χ0) is 14.5. The molecule has 1 aromatic carbocycles. The number of hydrogen-bond acceptors (Lipinski definition) is 5. The average molecular weight is 291 g/mol. The van der Waals surface area contributed by atoms with Gasteiger partial charge in [0.15, 0.2) is 0 Å². The summed E-state index contributed by atoms with van der Waals surface area (Å²) in [6.45, 7) is 8.18. The molecule has 6 heteroatoms. The van der Waals surface area contributed by atoms with Gasteiger partial charge in [0.2, 0.25) is 0 Å². The second-order valence-electron chi connectivity index (χ2n) is 5.97. The number of fused-ring (bicyclic) bond motifs is 1. The number of benzene rings is 1. The minimum Gasteiger partial charge on any atom is -0.497 e. The monoisotopic (exact) mass is 291 g/mol. The van der Waals surface area contributed by atoms with E-state index in [-0.39, 0.29) is 11.2 Å². The summed E-state index contributed by atoms with van der Waals surface area (Å²) in [5, 5.41) is 0. The van der Waals surface area contributed by atoms with Crippen LogP contribution in [0.3, 0.4) is 0 Å². The minimum atomic E-state index is -0.400. The third-order valence-corrected chi connectivity index (χ3v) is 5.11. The van der Waals surface area contributed by atoms with Gasteiger partial charge in [-0.05, 0) is 45.9 Å². The zero-order valence-electron chi connectivity index (χ0n) is 12.4. The Balaban J connectivity index is 1.96. The van der Waals surface area contributed by atoms with Crippen LogP contribution >= 0.6 is 11.3 Å². The second-order valence-corrected chi connectivity index (χ2v) is 7.04. The maximum atomic E-state index is 6.03. The maximum Gasteiger partial charge on any atom is 0.525 e. The Hall–Kier alpha value is -1.11. The number of thiazole rings is 1. The van der Waals surface area contributed by atoms with Crippen LogP contribution in [0.25, 0.3) is 10.2 Å². The highest BCUT2D eigenvalue weighted by Gasteiger charge is 2.52. The molecule has 106 valence electrons. The Morgan fingerprint density at radius 1 is 1.15 bits per heavy atom. The first-order valence-electron chi connectivity index (χ1n) is 6.62. The normalized spacial score (nSPS) is 20.6. The van der Waals surface area contributed by atoms with Gasteiger partial charge in [-0.3, -0.25) is 0 Å². The standard InChI is InChI=1S/C14H18BNO3S/c1-13(2)14(3,4)19-15(18-13)12-16-10-7-6-9(17-5)8-11(10)20-12/h6-8H,1-5H3. The van der Waals surface area contributed by atoms with Gasteiger partial charge < -0.3 is 14.0 Å². The number of hydrogen-bond donors (Lipinski definition) is 0. The Bertz CT molecular complexity index is 637. The van der Waals surface area contributed by atoms with Gasteiger partial charge in [0, 0.05) is 0 Å². The molecule has 0 bridgehead atoms. The Morgan fingerprint density at radius 2 is 1.80 bits per heavy atom. The summed E-state index contributed by atoms with van der Waals surface area (Å²) < 4.78 is 18.4. The van der Waals surface area contributed by atoms with Gasteiger partial charge in [-0.1, -0.05) is 0 Å². The lowest BCUT2D eigenvalue weighted by molar-refractivity contribution is 0.00578. The van der Waals surface area contributed by atoms with Crippen LogP contribution in [0.4, 0.5) is 0 Å². The van der Waals surface area contributed by atoms with E-state index < -0.39 is 7.12 Å². The van der Waals surface area contributed by atoms with Crippen LogP contribution in [0, 0.1) is 0 Å². The van der Waals surface area contributed by atoms with E-state index in [9.17, 15) is 0 Å². The predicted octanol–water partition coefficient (Wildman–Crippen LogP) is 2.60. The molecule has 2 aromatic rings. The Labute approximate surface area is 123 Å². The number of aromatic nitrogens is 1. The molecule has 0 atom stereocenters. The van der Waals surface area contributed by atoms with Gasteiger partial charge in [-0.15, -0.1) is 11.3 Å². The van der Waals surface area contributed by atoms with Crippen molar-refractivity contribution in [2.24, 2.45) is 0 Å². The van der Waals surface area contributed by atoms with Crippen molar-refractivity contribution in [2.75, 3.05) is 7.11 Å². The van der Waals surface area contributed by atoms with Gasteiger partial charge in [-0.2, -0.15) is 0 Å². The van der Waals surface area contributed by atoms with Crippen LogP contribution in [0.2, 0.25) is 0 Å². The van der Waals surface area contributed by atoms with Gasteiger partial charge in [0.25, 0.3) is 0 Å². The number of methoxy groups -OCH3 is 1. The maximum absolute atomic E-state index is 6.03. The quantitative estimate of drug-likeness (QED) is 0.797. The number of nitrogens with zero attached hydrogens (tertiary/aromatic N) is 1. The first-order valence-corrected chi connectivity index (χ1v) is 7.44. The molecule has 0 amide bonds. The molecule has 1 fully saturated rings. The topological polar surface area (TPSA) is 40.6 Å². The first-order chi connectivity index (χ1) is 9.32. The molecular weight excluding hydrogens is 273 g/mol. The molecule has 1 aliphatic heterocycles. The van der Waals surface area contributed by atoms with E-state index in [1.165, 1.54) is 0 Å². The third-order valence-electron chi connectivity index (χ3n) is 4.07. The summed E-state index contributed by atoms with van der Waals surface area (Å²) in [5.41, 5.74) is 0.265. The molecule has 1 aromatic heterocycles. The second kappa shape index (κ2) is 4.45. The molecule has 0 unspecified atom stereocenters. The molecule has 0 aliphatic carbocycles. The van der Waals surface area contributed by atoms with E-state index in [0.717, 1.165) is 20.9 Å². The van der Waals surface area contributed by atoms with Crippen LogP contribution in [-0.2, 0) is 9.31 Å². The third kappa shape index (κ3) is 2.12. The van der Waals surface area contributed by atoms with Crippen molar-refractivity contribution in [1.29, 1.82) is 0 Å². The van der Waals surface area contributed by atoms with Crippen molar-refractivity contribution in [1.82, 2.24) is 4.98 Å². The average Bonchev–Trinajstić information content (AvgIpc) is 2.87. The van der Waals surface area contributed by atoms with Crippen molar-refractivity contribution in [3.63, 3.8) is 0 Å². The summed E-state index contributed by atoms with van der Waals surface area (Å²) in [6, 6.07) is 5.86.